The van der Waals surface area contributed by atoms with Crippen molar-refractivity contribution in [1.29, 1.82) is 0 Å². The second kappa shape index (κ2) is 10.6. The van der Waals surface area contributed by atoms with Crippen molar-refractivity contribution in [2.45, 2.75) is 50.7 Å². The molecule has 0 bridgehead atoms. The summed E-state index contributed by atoms with van der Waals surface area (Å²) in [5.74, 6) is 0. The minimum absolute atomic E-state index is 0.546. The van der Waals surface area contributed by atoms with Crippen LogP contribution in [0.15, 0.2) is 55.1 Å². The van der Waals surface area contributed by atoms with Gasteiger partial charge in [0.25, 0.3) is 0 Å². The van der Waals surface area contributed by atoms with Gasteiger partial charge in [-0.15, -0.1) is 0 Å². The lowest BCUT2D eigenvalue weighted by Crippen LogP contribution is -2.51. The quantitative estimate of drug-likeness (QED) is 0.651. The lowest BCUT2D eigenvalue weighted by Gasteiger charge is -2.43. The molecule has 156 valence electrons. The molecule has 3 rings (SSSR count). The van der Waals surface area contributed by atoms with Crippen LogP contribution in [-0.4, -0.2) is 44.7 Å². The first-order valence-corrected chi connectivity index (χ1v) is 11.0. The van der Waals surface area contributed by atoms with Gasteiger partial charge in [0.1, 0.15) is 0 Å². The molecule has 0 heterocycles. The van der Waals surface area contributed by atoms with Crippen molar-refractivity contribution in [3.63, 3.8) is 0 Å². The van der Waals surface area contributed by atoms with Gasteiger partial charge in [0.15, 0.2) is 0 Å². The summed E-state index contributed by atoms with van der Waals surface area (Å²) in [5, 5.41) is 3.27. The van der Waals surface area contributed by atoms with Crippen LogP contribution in [0.2, 0.25) is 0 Å². The number of benzene rings is 2. The maximum Gasteiger partial charge on any atom is 0.0442 e. The van der Waals surface area contributed by atoms with Gasteiger partial charge in [-0.25, -0.2) is 0 Å². The molecule has 0 saturated heterocycles. The molecule has 1 N–H and O–H groups in total. The van der Waals surface area contributed by atoms with Crippen molar-refractivity contribution in [2.75, 3.05) is 32.6 Å². The SMILES string of the molecule is C=Cc1ccc(N(C)C2CCCCC2N(C)Cc2ccccc2)cc1CCNC. The van der Waals surface area contributed by atoms with E-state index in [-0.39, 0.29) is 0 Å². The van der Waals surface area contributed by atoms with Crippen molar-refractivity contribution >= 4 is 11.8 Å². The standard InChI is InChI=1S/C26H37N3/c1-5-22-15-16-24(19-23(22)17-18-27-2)29(4)26-14-10-9-13-25(26)28(3)20-21-11-7-6-8-12-21/h5-8,11-12,15-16,19,25-27H,1,9-10,13-14,17-18,20H2,2-4H3. The molecule has 2 unspecified atom stereocenters. The highest BCUT2D eigenvalue weighted by Crippen LogP contribution is 2.31. The van der Waals surface area contributed by atoms with E-state index < -0.39 is 0 Å². The molecule has 2 atom stereocenters. The topological polar surface area (TPSA) is 18.5 Å². The van der Waals surface area contributed by atoms with Gasteiger partial charge < -0.3 is 10.2 Å². The fourth-order valence-corrected chi connectivity index (χ4v) is 4.72. The van der Waals surface area contributed by atoms with Crippen LogP contribution in [0.4, 0.5) is 5.69 Å². The molecule has 2 aromatic carbocycles. The van der Waals surface area contributed by atoms with Crippen LogP contribution >= 0.6 is 0 Å². The predicted octanol–water partition coefficient (Wildman–Crippen LogP) is 4.97. The second-order valence-corrected chi connectivity index (χ2v) is 8.37. The fourth-order valence-electron chi connectivity index (χ4n) is 4.72. The summed E-state index contributed by atoms with van der Waals surface area (Å²) < 4.78 is 0. The van der Waals surface area contributed by atoms with Crippen molar-refractivity contribution < 1.29 is 0 Å². The maximum absolute atomic E-state index is 4.00. The van der Waals surface area contributed by atoms with Crippen molar-refractivity contribution in [3.05, 3.63) is 71.8 Å². The average molecular weight is 392 g/mol. The lowest BCUT2D eigenvalue weighted by atomic mass is 9.87. The van der Waals surface area contributed by atoms with Crippen LogP contribution in [-0.2, 0) is 13.0 Å². The number of anilines is 1. The smallest absolute Gasteiger partial charge is 0.0442 e. The molecular weight excluding hydrogens is 354 g/mol. The summed E-state index contributed by atoms with van der Waals surface area (Å²) in [5.41, 5.74) is 5.35. The number of nitrogens with zero attached hydrogens (tertiary/aromatic N) is 2. The highest BCUT2D eigenvalue weighted by Gasteiger charge is 2.31. The van der Waals surface area contributed by atoms with E-state index in [4.69, 9.17) is 0 Å². The van der Waals surface area contributed by atoms with Crippen LogP contribution in [0.1, 0.15) is 42.4 Å². The molecule has 0 aromatic heterocycles. The van der Waals surface area contributed by atoms with Crippen molar-refractivity contribution in [1.82, 2.24) is 10.2 Å². The van der Waals surface area contributed by atoms with E-state index in [0.29, 0.717) is 12.1 Å². The largest absolute Gasteiger partial charge is 0.370 e. The minimum atomic E-state index is 0.546. The summed E-state index contributed by atoms with van der Waals surface area (Å²) in [4.78, 5) is 5.09. The van der Waals surface area contributed by atoms with Crippen LogP contribution in [0.3, 0.4) is 0 Å². The van der Waals surface area contributed by atoms with Gasteiger partial charge in [-0.05, 0) is 68.7 Å². The molecule has 1 fully saturated rings. The van der Waals surface area contributed by atoms with Gasteiger partial charge in [-0.1, -0.05) is 61.9 Å². The van der Waals surface area contributed by atoms with Gasteiger partial charge in [-0.3, -0.25) is 4.90 Å². The Kier molecular flexibility index (Phi) is 7.91. The van der Waals surface area contributed by atoms with Crippen molar-refractivity contribution in [2.24, 2.45) is 0 Å². The molecule has 0 spiro atoms. The third kappa shape index (κ3) is 5.49. The summed E-state index contributed by atoms with van der Waals surface area (Å²) in [6, 6.07) is 18.8. The molecule has 0 radical (unpaired) electrons. The third-order valence-electron chi connectivity index (χ3n) is 6.43. The Labute approximate surface area is 177 Å². The fraction of sp³-hybridized carbons (Fsp3) is 0.462. The van der Waals surface area contributed by atoms with Gasteiger partial charge in [0.2, 0.25) is 0 Å². The molecule has 1 aliphatic rings. The lowest BCUT2D eigenvalue weighted by molar-refractivity contribution is 0.159. The van der Waals surface area contributed by atoms with E-state index in [1.807, 2.05) is 13.1 Å². The van der Waals surface area contributed by atoms with E-state index in [1.165, 1.54) is 48.1 Å². The average Bonchev–Trinajstić information content (AvgIpc) is 2.77. The van der Waals surface area contributed by atoms with Crippen LogP contribution in [0.25, 0.3) is 6.08 Å². The van der Waals surface area contributed by atoms with Crippen LogP contribution in [0.5, 0.6) is 0 Å². The van der Waals surface area contributed by atoms with Crippen LogP contribution < -0.4 is 10.2 Å². The van der Waals surface area contributed by atoms with Crippen molar-refractivity contribution in [3.8, 4) is 0 Å². The highest BCUT2D eigenvalue weighted by atomic mass is 15.2. The number of nitrogens with one attached hydrogen (secondary N) is 1. The van der Waals surface area contributed by atoms with E-state index in [2.05, 4.69) is 84.3 Å². The van der Waals surface area contributed by atoms with Gasteiger partial charge in [0.05, 0.1) is 0 Å². The van der Waals surface area contributed by atoms with Crippen LogP contribution in [0, 0.1) is 0 Å². The zero-order valence-corrected chi connectivity index (χ0v) is 18.4. The second-order valence-electron chi connectivity index (χ2n) is 8.37. The Bertz CT molecular complexity index is 771. The molecule has 0 amide bonds. The van der Waals surface area contributed by atoms with Gasteiger partial charge >= 0.3 is 0 Å². The van der Waals surface area contributed by atoms with E-state index in [0.717, 1.165) is 19.5 Å². The first kappa shape index (κ1) is 21.6. The summed E-state index contributed by atoms with van der Waals surface area (Å²) in [6.07, 6.45) is 8.19. The Morgan fingerprint density at radius 2 is 1.76 bits per heavy atom. The third-order valence-corrected chi connectivity index (χ3v) is 6.43. The summed E-state index contributed by atoms with van der Waals surface area (Å²) in [6.45, 7) is 6.00. The Morgan fingerprint density at radius 3 is 2.45 bits per heavy atom. The highest BCUT2D eigenvalue weighted by molar-refractivity contribution is 5.60. The summed E-state index contributed by atoms with van der Waals surface area (Å²) >= 11 is 0. The Morgan fingerprint density at radius 1 is 1.03 bits per heavy atom. The predicted molar refractivity (Wildman–Crippen MR) is 127 cm³/mol. The normalized spacial score (nSPS) is 19.3. The first-order valence-electron chi connectivity index (χ1n) is 11.0. The van der Waals surface area contributed by atoms with E-state index >= 15 is 0 Å². The zero-order valence-electron chi connectivity index (χ0n) is 18.4. The van der Waals surface area contributed by atoms with Gasteiger partial charge in [0, 0.05) is 31.4 Å². The minimum Gasteiger partial charge on any atom is -0.370 e. The molecule has 2 aromatic rings. The Hall–Kier alpha value is -2.10. The van der Waals surface area contributed by atoms with Gasteiger partial charge in [-0.2, -0.15) is 0 Å². The zero-order chi connectivity index (χ0) is 20.6. The Balaban J connectivity index is 1.78. The molecule has 1 saturated carbocycles. The van der Waals surface area contributed by atoms with E-state index in [9.17, 15) is 0 Å². The molecular formula is C26H37N3. The first-order chi connectivity index (χ1) is 14.1. The maximum atomic E-state index is 4.00. The molecule has 0 aliphatic heterocycles. The molecule has 3 heteroatoms. The molecule has 3 nitrogen and oxygen atoms in total. The number of hydrogen-bond acceptors (Lipinski definition) is 3. The summed E-state index contributed by atoms with van der Waals surface area (Å²) in [7, 11) is 6.59. The van der Waals surface area contributed by atoms with E-state index in [1.54, 1.807) is 0 Å². The monoisotopic (exact) mass is 391 g/mol. The number of rotatable bonds is 9. The number of hydrogen-bond donors (Lipinski definition) is 1. The number of likely N-dealkylation sites (N-methyl/N-ethyl adjacent to an activating group) is 3. The molecule has 29 heavy (non-hydrogen) atoms. The molecule has 1 aliphatic carbocycles.